The van der Waals surface area contributed by atoms with Crippen LogP contribution in [0.1, 0.15) is 0 Å². The summed E-state index contributed by atoms with van der Waals surface area (Å²) in [4.78, 5) is 25.3. The first-order valence-electron chi connectivity index (χ1n) is 1.16. The molecule has 0 aliphatic heterocycles. The summed E-state index contributed by atoms with van der Waals surface area (Å²) in [5.74, 6) is 0. The maximum atomic E-state index is 8.52. The van der Waals surface area contributed by atoms with Gasteiger partial charge in [0, 0.05) is 9.17 Å². The molecule has 0 spiro atoms. The van der Waals surface area contributed by atoms with Crippen LogP contribution in [-0.4, -0.2) is 63.1 Å². The summed E-state index contributed by atoms with van der Waals surface area (Å²) < 4.78 is 8.52. The predicted molar refractivity (Wildman–Crippen MR) is 22.6 cm³/mol. The molecule has 0 N–H and O–H groups in total. The molecule has 0 bridgehead atoms. The van der Waals surface area contributed by atoms with Gasteiger partial charge in [-0.15, -0.1) is 0 Å². The summed E-state index contributed by atoms with van der Waals surface area (Å²) >= 11 is 0. The van der Waals surface area contributed by atoms with E-state index in [9.17, 15) is 0 Å². The molecule has 0 saturated heterocycles. The Bertz CT molecular complexity index is 75.7. The topological polar surface area (TPSA) is 129 Å². The van der Waals surface area contributed by atoms with Gasteiger partial charge in [-0.1, -0.05) is 0 Å². The van der Waals surface area contributed by atoms with Crippen LogP contribution in [0.3, 0.4) is 0 Å². The van der Waals surface area contributed by atoms with E-state index in [-0.39, 0.29) is 78.4 Å². The summed E-state index contributed by atoms with van der Waals surface area (Å²) in [6.07, 6.45) is 0. The van der Waals surface area contributed by atoms with Crippen molar-refractivity contribution in [2.45, 2.75) is 0 Å². The van der Waals surface area contributed by atoms with Crippen LogP contribution in [0.25, 0.3) is 0 Å². The van der Waals surface area contributed by atoms with Gasteiger partial charge in [0.25, 0.3) is 0 Å². The fourth-order valence-electron chi connectivity index (χ4n) is 0. The van der Waals surface area contributed by atoms with Crippen LogP contribution in [0.5, 0.6) is 0 Å². The first kappa shape index (κ1) is 22.5. The minimum atomic E-state index is -3.63. The molecule has 10 heteroatoms. The molecule has 0 rings (SSSR count). The zero-order valence-corrected chi connectivity index (χ0v) is 12.5. The molecular weight excluding hydrogens is 298 g/mol. The van der Waals surface area contributed by atoms with Crippen molar-refractivity contribution < 1.29 is 48.7 Å². The fraction of sp³-hybridized carbons (Fsp3) is 0. The smallest absolute Gasteiger partial charge is 0.672 e. The van der Waals surface area contributed by atoms with Crippen LogP contribution < -0.4 is 39.1 Å². The van der Waals surface area contributed by atoms with Crippen molar-refractivity contribution in [1.29, 1.82) is 0 Å². The molecule has 48 valence electrons. The Hall–Kier alpha value is 1.39. The molecule has 0 heterocycles. The van der Waals surface area contributed by atoms with Gasteiger partial charge in [0.2, 0.25) is 0 Å². The van der Waals surface area contributed by atoms with Gasteiger partial charge in [0.05, 0.1) is 5.09 Å². The Morgan fingerprint density at radius 1 is 1.20 bits per heavy atom. The second-order valence-electron chi connectivity index (χ2n) is 0.474. The van der Waals surface area contributed by atoms with Crippen LogP contribution in [0, 0.1) is 15.3 Å². The Labute approximate surface area is 120 Å². The first-order valence-corrected chi connectivity index (χ1v) is 2.38. The van der Waals surface area contributed by atoms with Crippen molar-refractivity contribution in [3.05, 3.63) is 15.3 Å². The number of nitrogens with zero attached hydrogens (tertiary/aromatic N) is 1. The summed E-state index contributed by atoms with van der Waals surface area (Å²) in [6, 6.07) is 0. The van der Waals surface area contributed by atoms with E-state index in [1.807, 2.05) is 0 Å². The molecule has 0 fully saturated rings. The molecule has 0 aromatic heterocycles. The Morgan fingerprint density at radius 3 is 1.20 bits per heavy atom. The molecule has 0 atom stereocenters. The molecule has 0 saturated carbocycles. The first-order chi connectivity index (χ1) is 3.46. The summed E-state index contributed by atoms with van der Waals surface area (Å²) in [7, 11) is -3.63. The third kappa shape index (κ3) is 343. The molecule has 0 amide bonds. The summed E-state index contributed by atoms with van der Waals surface area (Å²) in [6.45, 7) is 0. The van der Waals surface area contributed by atoms with Gasteiger partial charge in [0.1, 0.15) is 0 Å². The van der Waals surface area contributed by atoms with E-state index in [4.69, 9.17) is 29.4 Å². The van der Waals surface area contributed by atoms with E-state index in [2.05, 4.69) is 0 Å². The molecule has 0 unspecified atom stereocenters. The van der Waals surface area contributed by atoms with Gasteiger partial charge in [-0.05, 0) is 0 Å². The molecule has 0 aromatic carbocycles. The van der Waals surface area contributed by atoms with Crippen molar-refractivity contribution in [2.24, 2.45) is 0 Å². The largest absolute Gasteiger partial charge is 2.00 e. The Morgan fingerprint density at radius 2 is 1.20 bits per heavy atom. The van der Waals surface area contributed by atoms with Gasteiger partial charge < -0.3 is 29.4 Å². The monoisotopic (exact) mass is 299 g/mol. The molecule has 0 radical (unpaired) electrons. The molecule has 7 nitrogen and oxygen atoms in total. The van der Waals surface area contributed by atoms with E-state index in [1.165, 1.54) is 0 Å². The van der Waals surface area contributed by atoms with E-state index >= 15 is 0 Å². The Balaban J connectivity index is -0.0000000300. The van der Waals surface area contributed by atoms with E-state index in [0.717, 1.165) is 0 Å². The number of hydrogen-bond acceptors (Lipinski definition) is 6. The van der Waals surface area contributed by atoms with Gasteiger partial charge in [-0.3, -0.25) is 0 Å². The van der Waals surface area contributed by atoms with E-state index in [1.54, 1.807) is 0 Å². The van der Waals surface area contributed by atoms with Crippen LogP contribution in [0.4, 0.5) is 0 Å². The SMILES string of the molecule is O=[N+]([O-])[O-].O=[Si]([O-])[O-].[Ba+2].[Na+]. The van der Waals surface area contributed by atoms with Crippen molar-refractivity contribution in [2.75, 3.05) is 0 Å². The summed E-state index contributed by atoms with van der Waals surface area (Å²) in [5.41, 5.74) is 0. The van der Waals surface area contributed by atoms with Gasteiger partial charge in [0.15, 0.2) is 0 Å². The van der Waals surface area contributed by atoms with Gasteiger partial charge in [-0.25, -0.2) is 0 Å². The minimum absolute atomic E-state index is 0. The molecule has 10 heavy (non-hydrogen) atoms. The molecule has 0 aliphatic carbocycles. The number of hydrogen-bond donors (Lipinski definition) is 0. The van der Waals surface area contributed by atoms with E-state index in [0.29, 0.717) is 0 Å². The van der Waals surface area contributed by atoms with Gasteiger partial charge >= 0.3 is 78.4 Å². The standard InChI is InChI=1S/Ba.NO3.Na.O3Si/c;2-1(3)4;;1-4(2)3/q+2;-1;+1;-2. The van der Waals surface area contributed by atoms with Crippen molar-refractivity contribution in [3.8, 4) is 0 Å². The Kier molecular flexibility index (Phi) is 37.8. The minimum Gasteiger partial charge on any atom is -0.672 e. The second-order valence-corrected chi connectivity index (χ2v) is 0.974. The van der Waals surface area contributed by atoms with Crippen LogP contribution >= 0.6 is 0 Å². The van der Waals surface area contributed by atoms with Crippen molar-refractivity contribution in [1.82, 2.24) is 0 Å². The zero-order valence-electron chi connectivity index (χ0n) is 5.10. The predicted octanol–water partition coefficient (Wildman–Crippen LogP) is -6.49. The average molecular weight is 298 g/mol. The summed E-state index contributed by atoms with van der Waals surface area (Å²) in [5, 5.41) is 14.8. The normalized spacial score (nSPS) is 4.80. The van der Waals surface area contributed by atoms with E-state index < -0.39 is 14.3 Å². The van der Waals surface area contributed by atoms with Crippen molar-refractivity contribution >= 4 is 58.1 Å². The third-order valence-corrected chi connectivity index (χ3v) is 0. The van der Waals surface area contributed by atoms with Crippen LogP contribution in [-0.2, 0) is 4.46 Å². The van der Waals surface area contributed by atoms with Crippen LogP contribution in [0.15, 0.2) is 0 Å². The quantitative estimate of drug-likeness (QED) is 0.248. The number of rotatable bonds is 0. The van der Waals surface area contributed by atoms with Gasteiger partial charge in [-0.2, -0.15) is 0 Å². The molecule has 0 aromatic rings. The molecule has 0 aliphatic rings. The maximum absolute atomic E-state index is 8.52. The van der Waals surface area contributed by atoms with Crippen molar-refractivity contribution in [3.63, 3.8) is 0 Å². The average Bonchev–Trinajstić information content (AvgIpc) is 1.25. The maximum Gasteiger partial charge on any atom is 2.00 e. The third-order valence-electron chi connectivity index (χ3n) is 0. The molecular formula is BaNNaO6Si. The fourth-order valence-corrected chi connectivity index (χ4v) is 0. The van der Waals surface area contributed by atoms with Crippen LogP contribution in [0.2, 0.25) is 0 Å². The second kappa shape index (κ2) is 16.8. The zero-order chi connectivity index (χ0) is 7.15.